The molecule has 2 aromatic rings. The quantitative estimate of drug-likeness (QED) is 0.470. The monoisotopic (exact) mass is 409 g/mol. The average molecular weight is 410 g/mol. The van der Waals surface area contributed by atoms with Gasteiger partial charge in [-0.1, -0.05) is 38.5 Å². The lowest BCUT2D eigenvalue weighted by atomic mass is 10.0. The number of nitrogens with one attached hydrogen (secondary N) is 1. The van der Waals surface area contributed by atoms with E-state index in [2.05, 4.69) is 12.2 Å². The second-order valence-corrected chi connectivity index (χ2v) is 9.54. The van der Waals surface area contributed by atoms with Crippen LogP contribution in [0.3, 0.4) is 0 Å². The van der Waals surface area contributed by atoms with Gasteiger partial charge in [0.2, 0.25) is 5.91 Å². The van der Waals surface area contributed by atoms with Crippen LogP contribution in [0.4, 0.5) is 5.69 Å². The number of hydrogen-bond acceptors (Lipinski definition) is 5. The molecule has 0 saturated heterocycles. The van der Waals surface area contributed by atoms with Crippen LogP contribution in [0, 0.1) is 12.8 Å². The Morgan fingerprint density at radius 3 is 2.44 bits per heavy atom. The molecule has 0 aliphatic carbocycles. The Labute approximate surface area is 165 Å². The van der Waals surface area contributed by atoms with Crippen LogP contribution in [0.2, 0.25) is 0 Å². The molecule has 1 heterocycles. The molecule has 0 saturated carbocycles. The summed E-state index contributed by atoms with van der Waals surface area (Å²) in [7, 11) is -3.72. The summed E-state index contributed by atoms with van der Waals surface area (Å²) in [4.78, 5) is 13.2. The van der Waals surface area contributed by atoms with Gasteiger partial charge in [0.1, 0.15) is 0 Å². The highest BCUT2D eigenvalue weighted by atomic mass is 32.2. The molecule has 5 nitrogen and oxygen atoms in total. The minimum absolute atomic E-state index is 0.00521. The molecule has 27 heavy (non-hydrogen) atoms. The van der Waals surface area contributed by atoms with Crippen LogP contribution in [-0.2, 0) is 19.1 Å². The van der Waals surface area contributed by atoms with E-state index in [0.717, 1.165) is 22.5 Å². The predicted molar refractivity (Wildman–Crippen MR) is 110 cm³/mol. The first-order chi connectivity index (χ1) is 12.7. The van der Waals surface area contributed by atoms with Gasteiger partial charge in [-0.3, -0.25) is 8.98 Å². The fourth-order valence-electron chi connectivity index (χ4n) is 2.55. The zero-order chi connectivity index (χ0) is 20.0. The third-order valence-electron chi connectivity index (χ3n) is 4.25. The molecule has 0 unspecified atom stereocenters. The van der Waals surface area contributed by atoms with Gasteiger partial charge in [-0.05, 0) is 49.3 Å². The first-order valence-electron chi connectivity index (χ1n) is 9.05. The van der Waals surface area contributed by atoms with Crippen molar-refractivity contribution in [3.8, 4) is 0 Å². The van der Waals surface area contributed by atoms with E-state index in [1.54, 1.807) is 35.6 Å². The minimum Gasteiger partial charge on any atom is -0.325 e. The van der Waals surface area contributed by atoms with Gasteiger partial charge in [0.05, 0.1) is 17.2 Å². The summed E-state index contributed by atoms with van der Waals surface area (Å²) in [5, 5.41) is 4.91. The molecule has 0 aliphatic heterocycles. The lowest BCUT2D eigenvalue weighted by molar-refractivity contribution is -0.118. The van der Waals surface area contributed by atoms with Gasteiger partial charge in [-0.25, -0.2) is 0 Å². The Morgan fingerprint density at radius 1 is 1.15 bits per heavy atom. The molecular formula is C20H27NO4S2. The highest BCUT2D eigenvalue weighted by molar-refractivity contribution is 7.86. The van der Waals surface area contributed by atoms with Gasteiger partial charge in [-0.15, -0.1) is 11.3 Å². The van der Waals surface area contributed by atoms with E-state index in [1.165, 1.54) is 0 Å². The standard InChI is InChI=1S/C20H27NO4S2/c1-14(2)20(22)21-18-11-13-26-19(18)16(4)6-5-12-25-27(23,24)17-9-7-15(3)8-10-17/h7-11,13-14,16H,5-6,12H2,1-4H3,(H,21,22)/t16-/m0/s1. The Kier molecular flexibility index (Phi) is 7.59. The van der Waals surface area contributed by atoms with E-state index >= 15 is 0 Å². The maximum atomic E-state index is 12.2. The van der Waals surface area contributed by atoms with E-state index in [0.29, 0.717) is 6.42 Å². The number of carbonyl (C=O) groups excluding carboxylic acids is 1. The summed E-state index contributed by atoms with van der Waals surface area (Å²) in [6.45, 7) is 7.83. The van der Waals surface area contributed by atoms with E-state index in [9.17, 15) is 13.2 Å². The van der Waals surface area contributed by atoms with E-state index in [-0.39, 0.29) is 29.2 Å². The highest BCUT2D eigenvalue weighted by Crippen LogP contribution is 2.33. The zero-order valence-electron chi connectivity index (χ0n) is 16.2. The van der Waals surface area contributed by atoms with Crippen LogP contribution in [0.1, 0.15) is 50.0 Å². The van der Waals surface area contributed by atoms with Gasteiger partial charge >= 0.3 is 0 Å². The fraction of sp³-hybridized carbons (Fsp3) is 0.450. The van der Waals surface area contributed by atoms with Crippen molar-refractivity contribution in [3.63, 3.8) is 0 Å². The van der Waals surface area contributed by atoms with Crippen LogP contribution in [-0.4, -0.2) is 20.9 Å². The molecule has 1 N–H and O–H groups in total. The van der Waals surface area contributed by atoms with Crippen LogP contribution in [0.15, 0.2) is 40.6 Å². The number of hydrogen-bond donors (Lipinski definition) is 1. The Hall–Kier alpha value is -1.70. The zero-order valence-corrected chi connectivity index (χ0v) is 17.8. The van der Waals surface area contributed by atoms with Crippen molar-refractivity contribution in [2.24, 2.45) is 5.92 Å². The smallest absolute Gasteiger partial charge is 0.296 e. The van der Waals surface area contributed by atoms with Crippen LogP contribution in [0.5, 0.6) is 0 Å². The number of rotatable bonds is 9. The molecule has 0 spiro atoms. The molecule has 1 aromatic heterocycles. The lowest BCUT2D eigenvalue weighted by Gasteiger charge is -2.14. The SMILES string of the molecule is Cc1ccc(S(=O)(=O)OCCC[C@H](C)c2sccc2NC(=O)C(C)C)cc1. The normalized spacial score (nSPS) is 12.9. The Morgan fingerprint density at radius 2 is 1.81 bits per heavy atom. The molecule has 1 aromatic carbocycles. The first-order valence-corrected chi connectivity index (χ1v) is 11.3. The summed E-state index contributed by atoms with van der Waals surface area (Å²) in [5.41, 5.74) is 1.85. The predicted octanol–water partition coefficient (Wildman–Crippen LogP) is 4.94. The van der Waals surface area contributed by atoms with Crippen LogP contribution in [0.25, 0.3) is 0 Å². The molecular weight excluding hydrogens is 382 g/mol. The molecule has 1 atom stereocenters. The average Bonchev–Trinajstić information content (AvgIpc) is 3.07. The maximum absolute atomic E-state index is 12.2. The van der Waals surface area contributed by atoms with Gasteiger partial charge in [0.15, 0.2) is 0 Å². The lowest BCUT2D eigenvalue weighted by Crippen LogP contribution is -2.18. The molecule has 7 heteroatoms. The molecule has 0 radical (unpaired) electrons. The largest absolute Gasteiger partial charge is 0.325 e. The van der Waals surface area contributed by atoms with Gasteiger partial charge in [0, 0.05) is 10.8 Å². The number of anilines is 1. The van der Waals surface area contributed by atoms with E-state index < -0.39 is 10.1 Å². The second kappa shape index (κ2) is 9.48. The van der Waals surface area contributed by atoms with Crippen LogP contribution < -0.4 is 5.32 Å². The molecule has 148 valence electrons. The topological polar surface area (TPSA) is 72.5 Å². The number of benzene rings is 1. The number of amides is 1. The molecule has 2 rings (SSSR count). The number of thiophene rings is 1. The van der Waals surface area contributed by atoms with E-state index in [4.69, 9.17) is 4.18 Å². The van der Waals surface area contributed by atoms with Crippen molar-refractivity contribution < 1.29 is 17.4 Å². The maximum Gasteiger partial charge on any atom is 0.296 e. The third kappa shape index (κ3) is 6.16. The summed E-state index contributed by atoms with van der Waals surface area (Å²) < 4.78 is 29.5. The Bertz CT molecular complexity index is 854. The second-order valence-electron chi connectivity index (χ2n) is 6.97. The van der Waals surface area contributed by atoms with Crippen molar-refractivity contribution in [2.45, 2.75) is 51.3 Å². The summed E-state index contributed by atoms with van der Waals surface area (Å²) >= 11 is 1.60. The molecule has 1 amide bonds. The molecule has 0 fully saturated rings. The van der Waals surface area contributed by atoms with Gasteiger partial charge in [0.25, 0.3) is 10.1 Å². The van der Waals surface area contributed by atoms with Gasteiger partial charge in [-0.2, -0.15) is 8.42 Å². The van der Waals surface area contributed by atoms with Gasteiger partial charge < -0.3 is 5.32 Å². The van der Waals surface area contributed by atoms with Crippen molar-refractivity contribution >= 4 is 33.0 Å². The van der Waals surface area contributed by atoms with Crippen molar-refractivity contribution in [1.82, 2.24) is 0 Å². The van der Waals surface area contributed by atoms with Crippen LogP contribution >= 0.6 is 11.3 Å². The highest BCUT2D eigenvalue weighted by Gasteiger charge is 2.17. The summed E-state index contributed by atoms with van der Waals surface area (Å²) in [6, 6.07) is 8.53. The minimum atomic E-state index is -3.72. The fourth-order valence-corrected chi connectivity index (χ4v) is 4.43. The van der Waals surface area contributed by atoms with Crippen molar-refractivity contribution in [1.29, 1.82) is 0 Å². The third-order valence-corrected chi connectivity index (χ3v) is 6.73. The van der Waals surface area contributed by atoms with Crippen molar-refractivity contribution in [3.05, 3.63) is 46.2 Å². The number of carbonyl (C=O) groups is 1. The summed E-state index contributed by atoms with van der Waals surface area (Å²) in [6.07, 6.45) is 1.39. The van der Waals surface area contributed by atoms with E-state index in [1.807, 2.05) is 32.2 Å². The Balaban J connectivity index is 1.86. The summed E-state index contributed by atoms with van der Waals surface area (Å²) in [5.74, 6) is 0.126. The molecule has 0 bridgehead atoms. The van der Waals surface area contributed by atoms with Crippen molar-refractivity contribution in [2.75, 3.05) is 11.9 Å². The first kappa shape index (κ1) is 21.6. The number of aryl methyl sites for hydroxylation is 1. The molecule has 0 aliphatic rings.